The topological polar surface area (TPSA) is 56.5 Å². The third-order valence-corrected chi connectivity index (χ3v) is 2.47. The van der Waals surface area contributed by atoms with E-state index in [1.54, 1.807) is 0 Å². The standard InChI is InChI=1S/C12H7F3O4/c1-18-10(16)8-4-6-2-3-7(12(13,14)15)5-9(6)19-11(8)17/h2-5H,1H3. The Labute approximate surface area is 104 Å². The number of halogens is 3. The number of carbonyl (C=O) groups is 1. The van der Waals surface area contributed by atoms with E-state index in [0.717, 1.165) is 25.3 Å². The van der Waals surface area contributed by atoms with Crippen LogP contribution >= 0.6 is 0 Å². The second-order valence-corrected chi connectivity index (χ2v) is 3.69. The van der Waals surface area contributed by atoms with Gasteiger partial charge in [-0.25, -0.2) is 9.59 Å². The van der Waals surface area contributed by atoms with E-state index in [-0.39, 0.29) is 16.5 Å². The molecular formula is C12H7F3O4. The lowest BCUT2D eigenvalue weighted by Crippen LogP contribution is -2.15. The van der Waals surface area contributed by atoms with Gasteiger partial charge in [0.05, 0.1) is 12.7 Å². The lowest BCUT2D eigenvalue weighted by molar-refractivity contribution is -0.137. The van der Waals surface area contributed by atoms with E-state index >= 15 is 0 Å². The summed E-state index contributed by atoms with van der Waals surface area (Å²) < 4.78 is 46.5. The van der Waals surface area contributed by atoms with Gasteiger partial charge >= 0.3 is 17.8 Å². The fourth-order valence-electron chi connectivity index (χ4n) is 1.54. The number of hydrogen-bond acceptors (Lipinski definition) is 4. The molecular weight excluding hydrogens is 265 g/mol. The largest absolute Gasteiger partial charge is 0.465 e. The Morgan fingerprint density at radius 1 is 1.26 bits per heavy atom. The normalized spacial score (nSPS) is 11.6. The van der Waals surface area contributed by atoms with Gasteiger partial charge in [0.15, 0.2) is 0 Å². The zero-order valence-corrected chi connectivity index (χ0v) is 9.58. The highest BCUT2D eigenvalue weighted by molar-refractivity contribution is 5.92. The van der Waals surface area contributed by atoms with Crippen LogP contribution in [0.4, 0.5) is 13.2 Å². The summed E-state index contributed by atoms with van der Waals surface area (Å²) in [7, 11) is 1.08. The Balaban J connectivity index is 2.65. The number of rotatable bonds is 1. The summed E-state index contributed by atoms with van der Waals surface area (Å²) >= 11 is 0. The fourth-order valence-corrected chi connectivity index (χ4v) is 1.54. The summed E-state index contributed by atoms with van der Waals surface area (Å²) in [5.74, 6) is -0.907. The van der Waals surface area contributed by atoms with Crippen molar-refractivity contribution in [1.82, 2.24) is 0 Å². The molecule has 0 radical (unpaired) electrons. The smallest absolute Gasteiger partial charge is 0.416 e. The van der Waals surface area contributed by atoms with Crippen LogP contribution in [0.3, 0.4) is 0 Å². The molecule has 0 aliphatic heterocycles. The van der Waals surface area contributed by atoms with Gasteiger partial charge in [-0.1, -0.05) is 6.07 Å². The third-order valence-electron chi connectivity index (χ3n) is 2.47. The molecule has 0 fully saturated rings. The first-order chi connectivity index (χ1) is 8.82. The first kappa shape index (κ1) is 13.1. The zero-order chi connectivity index (χ0) is 14.2. The van der Waals surface area contributed by atoms with E-state index in [9.17, 15) is 22.8 Å². The number of benzene rings is 1. The molecule has 1 aromatic carbocycles. The molecule has 0 amide bonds. The number of alkyl halides is 3. The molecule has 7 heteroatoms. The maximum absolute atomic E-state index is 12.5. The van der Waals surface area contributed by atoms with E-state index in [1.807, 2.05) is 0 Å². The van der Waals surface area contributed by atoms with E-state index in [2.05, 4.69) is 4.74 Å². The predicted molar refractivity (Wildman–Crippen MR) is 58.8 cm³/mol. The Hall–Kier alpha value is -2.31. The molecule has 0 saturated heterocycles. The summed E-state index contributed by atoms with van der Waals surface area (Å²) in [5.41, 5.74) is -2.59. The van der Waals surface area contributed by atoms with Crippen molar-refractivity contribution < 1.29 is 27.1 Å². The average Bonchev–Trinajstić information content (AvgIpc) is 2.35. The molecule has 2 rings (SSSR count). The first-order valence-electron chi connectivity index (χ1n) is 5.06. The molecule has 100 valence electrons. The Kier molecular flexibility index (Phi) is 3.05. The van der Waals surface area contributed by atoms with Gasteiger partial charge in [0, 0.05) is 5.39 Å². The predicted octanol–water partition coefficient (Wildman–Crippen LogP) is 2.60. The van der Waals surface area contributed by atoms with Crippen LogP contribution in [-0.4, -0.2) is 13.1 Å². The van der Waals surface area contributed by atoms with Crippen LogP contribution in [0.2, 0.25) is 0 Å². The third kappa shape index (κ3) is 2.44. The van der Waals surface area contributed by atoms with Crippen molar-refractivity contribution in [2.75, 3.05) is 7.11 Å². The second kappa shape index (κ2) is 4.42. The van der Waals surface area contributed by atoms with Crippen LogP contribution in [0.25, 0.3) is 11.0 Å². The molecule has 1 heterocycles. The van der Waals surface area contributed by atoms with Gasteiger partial charge < -0.3 is 9.15 Å². The second-order valence-electron chi connectivity index (χ2n) is 3.69. The van der Waals surface area contributed by atoms with E-state index in [1.165, 1.54) is 0 Å². The van der Waals surface area contributed by atoms with E-state index in [4.69, 9.17) is 4.42 Å². The minimum atomic E-state index is -4.53. The molecule has 1 aromatic heterocycles. The van der Waals surface area contributed by atoms with Crippen molar-refractivity contribution in [1.29, 1.82) is 0 Å². The van der Waals surface area contributed by atoms with Gasteiger partial charge in [-0.05, 0) is 18.2 Å². The van der Waals surface area contributed by atoms with Gasteiger partial charge in [-0.2, -0.15) is 13.2 Å². The lowest BCUT2D eigenvalue weighted by Gasteiger charge is -2.07. The Morgan fingerprint density at radius 3 is 2.53 bits per heavy atom. The minimum absolute atomic E-state index is 0.202. The Bertz CT molecular complexity index is 700. The van der Waals surface area contributed by atoms with Gasteiger partial charge in [-0.15, -0.1) is 0 Å². The zero-order valence-electron chi connectivity index (χ0n) is 9.58. The molecule has 0 saturated carbocycles. The van der Waals surface area contributed by atoms with Crippen molar-refractivity contribution in [2.24, 2.45) is 0 Å². The minimum Gasteiger partial charge on any atom is -0.465 e. The van der Waals surface area contributed by atoms with Crippen molar-refractivity contribution in [3.05, 3.63) is 45.8 Å². The summed E-state index contributed by atoms with van der Waals surface area (Å²) in [5, 5.41) is 0.202. The molecule has 4 nitrogen and oxygen atoms in total. The van der Waals surface area contributed by atoms with Crippen LogP contribution < -0.4 is 5.63 Å². The monoisotopic (exact) mass is 272 g/mol. The highest BCUT2D eigenvalue weighted by Gasteiger charge is 2.31. The molecule has 0 aliphatic rings. The molecule has 0 atom stereocenters. The van der Waals surface area contributed by atoms with Crippen molar-refractivity contribution >= 4 is 16.9 Å². The van der Waals surface area contributed by atoms with Gasteiger partial charge in [0.2, 0.25) is 0 Å². The number of ether oxygens (including phenoxy) is 1. The Morgan fingerprint density at radius 2 is 1.95 bits per heavy atom. The van der Waals surface area contributed by atoms with Crippen LogP contribution in [0.1, 0.15) is 15.9 Å². The van der Waals surface area contributed by atoms with Gasteiger partial charge in [-0.3, -0.25) is 0 Å². The van der Waals surface area contributed by atoms with E-state index in [0.29, 0.717) is 6.07 Å². The van der Waals surface area contributed by atoms with Crippen LogP contribution in [0.15, 0.2) is 33.5 Å². The SMILES string of the molecule is COC(=O)c1cc2ccc(C(F)(F)F)cc2oc1=O. The molecule has 0 N–H and O–H groups in total. The number of esters is 1. The summed E-state index contributed by atoms with van der Waals surface area (Å²) in [6, 6.07) is 3.79. The molecule has 0 aliphatic carbocycles. The van der Waals surface area contributed by atoms with Crippen LogP contribution in [-0.2, 0) is 10.9 Å². The number of carbonyl (C=O) groups excluding carboxylic acids is 1. The summed E-state index contributed by atoms with van der Waals surface area (Å²) in [6.45, 7) is 0. The van der Waals surface area contributed by atoms with Crippen LogP contribution in [0, 0.1) is 0 Å². The van der Waals surface area contributed by atoms with Crippen molar-refractivity contribution in [2.45, 2.75) is 6.18 Å². The highest BCUT2D eigenvalue weighted by atomic mass is 19.4. The molecule has 2 aromatic rings. The van der Waals surface area contributed by atoms with Crippen molar-refractivity contribution in [3.63, 3.8) is 0 Å². The molecule has 0 bridgehead atoms. The van der Waals surface area contributed by atoms with E-state index < -0.39 is 23.3 Å². The average molecular weight is 272 g/mol. The maximum atomic E-state index is 12.5. The first-order valence-corrected chi connectivity index (χ1v) is 5.06. The highest BCUT2D eigenvalue weighted by Crippen LogP contribution is 2.31. The lowest BCUT2D eigenvalue weighted by atomic mass is 10.1. The maximum Gasteiger partial charge on any atom is 0.416 e. The molecule has 0 unspecified atom stereocenters. The van der Waals surface area contributed by atoms with Crippen molar-refractivity contribution in [3.8, 4) is 0 Å². The quantitative estimate of drug-likeness (QED) is 0.591. The van der Waals surface area contributed by atoms with Gasteiger partial charge in [0.25, 0.3) is 0 Å². The summed E-state index contributed by atoms with van der Waals surface area (Å²) in [6.07, 6.45) is -4.53. The summed E-state index contributed by atoms with van der Waals surface area (Å²) in [4.78, 5) is 22.7. The molecule has 19 heavy (non-hydrogen) atoms. The molecule has 0 spiro atoms. The number of methoxy groups -OCH3 is 1. The van der Waals surface area contributed by atoms with Gasteiger partial charge in [0.1, 0.15) is 11.1 Å². The van der Waals surface area contributed by atoms with Crippen LogP contribution in [0.5, 0.6) is 0 Å². The number of fused-ring (bicyclic) bond motifs is 1. The number of hydrogen-bond donors (Lipinski definition) is 0. The fraction of sp³-hybridized carbons (Fsp3) is 0.167.